The molecule has 0 fully saturated rings. The van der Waals surface area contributed by atoms with E-state index in [9.17, 15) is 9.59 Å². The molecule has 0 radical (unpaired) electrons. The van der Waals surface area contributed by atoms with Gasteiger partial charge in [-0.1, -0.05) is 53.3 Å². The molecule has 0 spiro atoms. The van der Waals surface area contributed by atoms with Gasteiger partial charge in [0.15, 0.2) is 4.80 Å². The predicted octanol–water partition coefficient (Wildman–Crippen LogP) is 3.91. The van der Waals surface area contributed by atoms with Crippen molar-refractivity contribution in [2.24, 2.45) is 4.99 Å². The summed E-state index contributed by atoms with van der Waals surface area (Å²) in [6.07, 6.45) is 1.86. The molecule has 1 aliphatic heterocycles. The van der Waals surface area contributed by atoms with E-state index in [1.807, 2.05) is 36.4 Å². The van der Waals surface area contributed by atoms with Gasteiger partial charge in [0.25, 0.3) is 5.56 Å². The van der Waals surface area contributed by atoms with Crippen LogP contribution in [0.5, 0.6) is 0 Å². The van der Waals surface area contributed by atoms with Gasteiger partial charge < -0.3 is 9.64 Å². The summed E-state index contributed by atoms with van der Waals surface area (Å²) in [5, 5.41) is 0.463. The predicted molar refractivity (Wildman–Crippen MR) is 137 cm³/mol. The van der Waals surface area contributed by atoms with Crippen molar-refractivity contribution in [2.45, 2.75) is 26.8 Å². The number of benzene rings is 2. The summed E-state index contributed by atoms with van der Waals surface area (Å²) in [6.45, 7) is 7.85. The summed E-state index contributed by atoms with van der Waals surface area (Å²) in [5.41, 5.74) is 3.29. The van der Waals surface area contributed by atoms with E-state index < -0.39 is 12.0 Å². The first kappa shape index (κ1) is 24.0. The fourth-order valence-corrected chi connectivity index (χ4v) is 5.49. The molecular weight excluding hydrogens is 470 g/mol. The SMILES string of the molecule is CCN(CC)c1ccc(C=c2sc3n(c2=O)[C@H](c2ccccc2Cl)C(C(=O)OC)=C(C)N=3)cc1. The maximum absolute atomic E-state index is 13.6. The highest BCUT2D eigenvalue weighted by atomic mass is 35.5. The molecule has 0 N–H and O–H groups in total. The zero-order chi connectivity index (χ0) is 24.4. The van der Waals surface area contributed by atoms with Gasteiger partial charge in [0.1, 0.15) is 6.04 Å². The monoisotopic (exact) mass is 495 g/mol. The number of nitrogens with zero attached hydrogens (tertiary/aromatic N) is 3. The number of allylic oxidation sites excluding steroid dienone is 1. The van der Waals surface area contributed by atoms with Crippen LogP contribution in [0.2, 0.25) is 5.02 Å². The van der Waals surface area contributed by atoms with Gasteiger partial charge in [-0.05, 0) is 56.2 Å². The van der Waals surface area contributed by atoms with Crippen molar-refractivity contribution in [2.75, 3.05) is 25.1 Å². The molecule has 0 unspecified atom stereocenters. The van der Waals surface area contributed by atoms with Crippen molar-refractivity contribution >= 4 is 40.7 Å². The fourth-order valence-electron chi connectivity index (χ4n) is 4.21. The van der Waals surface area contributed by atoms with Crippen LogP contribution in [0.3, 0.4) is 0 Å². The average Bonchev–Trinajstić information content (AvgIpc) is 3.14. The van der Waals surface area contributed by atoms with Crippen molar-refractivity contribution in [1.29, 1.82) is 0 Å². The third-order valence-electron chi connectivity index (χ3n) is 5.95. The molecule has 2 heterocycles. The Morgan fingerprint density at radius 1 is 1.18 bits per heavy atom. The second-order valence-electron chi connectivity index (χ2n) is 7.86. The smallest absolute Gasteiger partial charge is 0.338 e. The van der Waals surface area contributed by atoms with E-state index in [0.717, 1.165) is 24.3 Å². The third-order valence-corrected chi connectivity index (χ3v) is 7.27. The van der Waals surface area contributed by atoms with Crippen molar-refractivity contribution in [3.05, 3.63) is 95.6 Å². The number of hydrogen-bond acceptors (Lipinski definition) is 6. The molecule has 1 atom stereocenters. The summed E-state index contributed by atoms with van der Waals surface area (Å²) < 4.78 is 7.11. The van der Waals surface area contributed by atoms with Gasteiger partial charge in [0, 0.05) is 23.8 Å². The first-order valence-electron chi connectivity index (χ1n) is 11.1. The Bertz CT molecular complexity index is 1430. The van der Waals surface area contributed by atoms with E-state index in [-0.39, 0.29) is 5.56 Å². The van der Waals surface area contributed by atoms with Crippen LogP contribution >= 0.6 is 22.9 Å². The van der Waals surface area contributed by atoms with Crippen molar-refractivity contribution in [1.82, 2.24) is 4.57 Å². The number of carbonyl (C=O) groups excluding carboxylic acids is 1. The van der Waals surface area contributed by atoms with Gasteiger partial charge in [0.2, 0.25) is 0 Å². The van der Waals surface area contributed by atoms with Crippen LogP contribution in [0.15, 0.2) is 69.6 Å². The molecule has 3 aromatic rings. The molecule has 1 aliphatic rings. The fraction of sp³-hybridized carbons (Fsp3) is 0.269. The molecule has 4 rings (SSSR count). The summed E-state index contributed by atoms with van der Waals surface area (Å²) in [6, 6.07) is 14.6. The van der Waals surface area contributed by atoms with E-state index >= 15 is 0 Å². The second-order valence-corrected chi connectivity index (χ2v) is 9.28. The standard InChI is InChI=1S/C26H26ClN3O3S/c1-5-29(6-2)18-13-11-17(12-14-18)15-21-24(31)30-23(19-9-7-8-10-20(19)27)22(25(32)33-4)16(3)28-26(30)34-21/h7-15,23H,5-6H2,1-4H3/t23-/m1/s1. The topological polar surface area (TPSA) is 63.9 Å². The molecule has 1 aromatic heterocycles. The number of thiazole rings is 1. The first-order chi connectivity index (χ1) is 16.4. The van der Waals surface area contributed by atoms with Gasteiger partial charge in [-0.15, -0.1) is 0 Å². The number of ether oxygens (including phenoxy) is 1. The zero-order valence-corrected chi connectivity index (χ0v) is 21.1. The van der Waals surface area contributed by atoms with Crippen LogP contribution in [0.4, 0.5) is 5.69 Å². The molecule has 0 aliphatic carbocycles. The molecule has 0 amide bonds. The van der Waals surface area contributed by atoms with Gasteiger partial charge in [-0.2, -0.15) is 0 Å². The van der Waals surface area contributed by atoms with Gasteiger partial charge in [0.05, 0.1) is 22.9 Å². The normalized spacial score (nSPS) is 15.7. The minimum Gasteiger partial charge on any atom is -0.466 e. The first-order valence-corrected chi connectivity index (χ1v) is 12.3. The van der Waals surface area contributed by atoms with Crippen LogP contribution in [-0.2, 0) is 9.53 Å². The number of halogens is 1. The summed E-state index contributed by atoms with van der Waals surface area (Å²) in [5.74, 6) is -0.535. The number of aromatic nitrogens is 1. The third kappa shape index (κ3) is 4.33. The second kappa shape index (κ2) is 9.99. The Hall–Kier alpha value is -3.16. The molecule has 6 nitrogen and oxygen atoms in total. The van der Waals surface area contributed by atoms with Crippen LogP contribution in [-0.4, -0.2) is 30.7 Å². The molecule has 176 valence electrons. The van der Waals surface area contributed by atoms with Crippen molar-refractivity contribution < 1.29 is 9.53 Å². The average molecular weight is 496 g/mol. The lowest BCUT2D eigenvalue weighted by molar-refractivity contribution is -0.136. The Labute approximate surface area is 207 Å². The molecule has 0 saturated carbocycles. The van der Waals surface area contributed by atoms with Crippen molar-refractivity contribution in [3.63, 3.8) is 0 Å². The van der Waals surface area contributed by atoms with Crippen LogP contribution < -0.4 is 19.8 Å². The highest BCUT2D eigenvalue weighted by molar-refractivity contribution is 7.07. The molecular formula is C26H26ClN3O3S. The highest BCUT2D eigenvalue weighted by Crippen LogP contribution is 2.34. The quantitative estimate of drug-likeness (QED) is 0.486. The Balaban J connectivity index is 1.88. The number of carbonyl (C=O) groups is 1. The number of fused-ring (bicyclic) bond motifs is 1. The Morgan fingerprint density at radius 3 is 2.47 bits per heavy atom. The van der Waals surface area contributed by atoms with Gasteiger partial charge in [-0.3, -0.25) is 9.36 Å². The largest absolute Gasteiger partial charge is 0.466 e. The lowest BCUT2D eigenvalue weighted by atomic mass is 9.96. The van der Waals surface area contributed by atoms with Gasteiger partial charge >= 0.3 is 5.97 Å². The number of methoxy groups -OCH3 is 1. The molecule has 34 heavy (non-hydrogen) atoms. The molecule has 0 bridgehead atoms. The Morgan fingerprint density at radius 2 is 1.85 bits per heavy atom. The minimum atomic E-state index is -0.718. The number of esters is 1. The van der Waals surface area contributed by atoms with E-state index in [4.69, 9.17) is 16.3 Å². The number of hydrogen-bond donors (Lipinski definition) is 0. The maximum Gasteiger partial charge on any atom is 0.338 e. The van der Waals surface area contributed by atoms with Crippen LogP contribution in [0, 0.1) is 0 Å². The minimum absolute atomic E-state index is 0.226. The van der Waals surface area contributed by atoms with E-state index in [2.05, 4.69) is 35.9 Å². The molecule has 8 heteroatoms. The lowest BCUT2D eigenvalue weighted by Crippen LogP contribution is -2.39. The maximum atomic E-state index is 13.6. The number of rotatable bonds is 6. The van der Waals surface area contributed by atoms with E-state index in [0.29, 0.717) is 31.2 Å². The lowest BCUT2D eigenvalue weighted by Gasteiger charge is -2.25. The van der Waals surface area contributed by atoms with Gasteiger partial charge in [-0.25, -0.2) is 9.79 Å². The molecule has 2 aromatic carbocycles. The zero-order valence-electron chi connectivity index (χ0n) is 19.5. The van der Waals surface area contributed by atoms with Crippen LogP contribution in [0.1, 0.15) is 37.9 Å². The van der Waals surface area contributed by atoms with Crippen LogP contribution in [0.25, 0.3) is 6.08 Å². The number of anilines is 1. The van der Waals surface area contributed by atoms with E-state index in [1.165, 1.54) is 18.4 Å². The Kier molecular flexibility index (Phi) is 7.05. The van der Waals surface area contributed by atoms with Crippen molar-refractivity contribution in [3.8, 4) is 0 Å². The highest BCUT2D eigenvalue weighted by Gasteiger charge is 2.34. The summed E-state index contributed by atoms with van der Waals surface area (Å²) in [4.78, 5) is 33.7. The van der Waals surface area contributed by atoms with E-state index in [1.54, 1.807) is 17.6 Å². The molecule has 0 saturated heterocycles. The summed E-state index contributed by atoms with van der Waals surface area (Å²) in [7, 11) is 1.32. The summed E-state index contributed by atoms with van der Waals surface area (Å²) >= 11 is 7.80.